The summed E-state index contributed by atoms with van der Waals surface area (Å²) < 4.78 is 46.1. The average Bonchev–Trinajstić information content (AvgIpc) is 3.33. The number of nitrogens with one attached hydrogen (secondary N) is 1. The second kappa shape index (κ2) is 8.61. The van der Waals surface area contributed by atoms with Gasteiger partial charge >= 0.3 is 6.18 Å². The van der Waals surface area contributed by atoms with Crippen LogP contribution in [0.15, 0.2) is 71.3 Å². The molecule has 2 aromatic heterocycles. The highest BCUT2D eigenvalue weighted by Gasteiger charge is 2.30. The van der Waals surface area contributed by atoms with Crippen molar-refractivity contribution in [3.63, 3.8) is 0 Å². The van der Waals surface area contributed by atoms with Crippen molar-refractivity contribution in [3.05, 3.63) is 94.9 Å². The van der Waals surface area contributed by atoms with Crippen molar-refractivity contribution in [1.82, 2.24) is 14.9 Å². The SMILES string of the molecule is Cc1ccc(Cn2nc(Nc3ccc(C(F)(F)F)cc3)c3ccc(-c4c(C)noc4C)cc32)cc1. The molecule has 2 heterocycles. The summed E-state index contributed by atoms with van der Waals surface area (Å²) in [5, 5.41) is 12.9. The molecule has 3 aromatic carbocycles. The lowest BCUT2D eigenvalue weighted by molar-refractivity contribution is -0.137. The molecule has 1 N–H and O–H groups in total. The minimum absolute atomic E-state index is 0.523. The molecule has 0 unspecified atom stereocenters. The first-order chi connectivity index (χ1) is 16.7. The average molecular weight is 477 g/mol. The van der Waals surface area contributed by atoms with Gasteiger partial charge in [0.2, 0.25) is 0 Å². The van der Waals surface area contributed by atoms with Crippen LogP contribution in [0.3, 0.4) is 0 Å². The molecule has 5 nitrogen and oxygen atoms in total. The number of rotatable bonds is 5. The van der Waals surface area contributed by atoms with Crippen LogP contribution in [0.25, 0.3) is 22.0 Å². The summed E-state index contributed by atoms with van der Waals surface area (Å²) in [6, 6.07) is 19.1. The van der Waals surface area contributed by atoms with Crippen molar-refractivity contribution in [2.24, 2.45) is 0 Å². The van der Waals surface area contributed by atoms with Crippen LogP contribution in [0.1, 0.15) is 28.1 Å². The van der Waals surface area contributed by atoms with Crippen molar-refractivity contribution in [3.8, 4) is 11.1 Å². The summed E-state index contributed by atoms with van der Waals surface area (Å²) in [6.45, 7) is 6.35. The number of anilines is 2. The molecule has 178 valence electrons. The van der Waals surface area contributed by atoms with Gasteiger partial charge in [0, 0.05) is 16.6 Å². The van der Waals surface area contributed by atoms with E-state index in [0.717, 1.165) is 51.2 Å². The van der Waals surface area contributed by atoms with E-state index in [1.165, 1.54) is 17.7 Å². The molecule has 0 spiro atoms. The normalized spacial score (nSPS) is 11.8. The van der Waals surface area contributed by atoms with Gasteiger partial charge in [-0.05, 0) is 68.3 Å². The zero-order valence-corrected chi connectivity index (χ0v) is 19.4. The van der Waals surface area contributed by atoms with Gasteiger partial charge in [0.25, 0.3) is 0 Å². The predicted molar refractivity (Wildman–Crippen MR) is 130 cm³/mol. The van der Waals surface area contributed by atoms with E-state index in [0.29, 0.717) is 18.1 Å². The van der Waals surface area contributed by atoms with Gasteiger partial charge in [0.05, 0.1) is 23.3 Å². The fraction of sp³-hybridized carbons (Fsp3) is 0.185. The number of nitrogens with zero attached hydrogens (tertiary/aromatic N) is 3. The van der Waals surface area contributed by atoms with Crippen molar-refractivity contribution < 1.29 is 17.7 Å². The molecule has 0 aliphatic carbocycles. The standard InChI is InChI=1S/C27H23F3N4O/c1-16-4-6-19(7-5-16)15-34-24-14-20(25-17(2)33-35-18(25)3)8-13-23(24)26(32-34)31-22-11-9-21(10-12-22)27(28,29)30/h4-14H,15H2,1-3H3,(H,31,32). The number of hydrogen-bond donors (Lipinski definition) is 1. The van der Waals surface area contributed by atoms with E-state index in [2.05, 4.69) is 34.7 Å². The summed E-state index contributed by atoms with van der Waals surface area (Å²) >= 11 is 0. The van der Waals surface area contributed by atoms with E-state index in [1.807, 2.05) is 43.7 Å². The summed E-state index contributed by atoms with van der Waals surface area (Å²) in [4.78, 5) is 0. The van der Waals surface area contributed by atoms with Gasteiger partial charge in [0.1, 0.15) is 5.76 Å². The fourth-order valence-corrected chi connectivity index (χ4v) is 4.18. The Labute approximate surface area is 200 Å². The van der Waals surface area contributed by atoms with Gasteiger partial charge in [-0.15, -0.1) is 0 Å². The third-order valence-corrected chi connectivity index (χ3v) is 6.00. The highest BCUT2D eigenvalue weighted by molar-refractivity contribution is 5.95. The number of alkyl halides is 3. The molecule has 0 amide bonds. The van der Waals surface area contributed by atoms with Crippen LogP contribution in [-0.2, 0) is 12.7 Å². The Morgan fingerprint density at radius 2 is 1.63 bits per heavy atom. The van der Waals surface area contributed by atoms with E-state index < -0.39 is 11.7 Å². The molecule has 0 aliphatic rings. The van der Waals surface area contributed by atoms with Crippen LogP contribution >= 0.6 is 0 Å². The van der Waals surface area contributed by atoms with E-state index >= 15 is 0 Å². The minimum atomic E-state index is -4.38. The Morgan fingerprint density at radius 1 is 0.914 bits per heavy atom. The van der Waals surface area contributed by atoms with Crippen molar-refractivity contribution in [2.75, 3.05) is 5.32 Å². The summed E-state index contributed by atoms with van der Waals surface area (Å²) in [5.41, 5.74) is 5.67. The zero-order chi connectivity index (χ0) is 24.7. The van der Waals surface area contributed by atoms with E-state index in [1.54, 1.807) is 0 Å². The molecule has 0 radical (unpaired) electrons. The van der Waals surface area contributed by atoms with Gasteiger partial charge in [-0.3, -0.25) is 4.68 Å². The van der Waals surface area contributed by atoms with Crippen molar-refractivity contribution in [1.29, 1.82) is 0 Å². The van der Waals surface area contributed by atoms with Crippen LogP contribution in [0.2, 0.25) is 0 Å². The van der Waals surface area contributed by atoms with Gasteiger partial charge in [-0.25, -0.2) is 0 Å². The fourth-order valence-electron chi connectivity index (χ4n) is 4.18. The lowest BCUT2D eigenvalue weighted by Crippen LogP contribution is -2.04. The predicted octanol–water partition coefficient (Wildman–Crippen LogP) is 7.43. The van der Waals surface area contributed by atoms with Crippen molar-refractivity contribution in [2.45, 2.75) is 33.5 Å². The van der Waals surface area contributed by atoms with Crippen molar-refractivity contribution >= 4 is 22.4 Å². The minimum Gasteiger partial charge on any atom is -0.361 e. The first-order valence-corrected chi connectivity index (χ1v) is 11.1. The first-order valence-electron chi connectivity index (χ1n) is 11.1. The third-order valence-electron chi connectivity index (χ3n) is 6.00. The highest BCUT2D eigenvalue weighted by atomic mass is 19.4. The second-order valence-corrected chi connectivity index (χ2v) is 8.62. The summed E-state index contributed by atoms with van der Waals surface area (Å²) in [6.07, 6.45) is -4.38. The second-order valence-electron chi connectivity index (χ2n) is 8.62. The quantitative estimate of drug-likeness (QED) is 0.287. The number of benzene rings is 3. The van der Waals surface area contributed by atoms with E-state index in [-0.39, 0.29) is 0 Å². The molecular weight excluding hydrogens is 453 g/mol. The molecule has 8 heteroatoms. The van der Waals surface area contributed by atoms with Crippen LogP contribution in [-0.4, -0.2) is 14.9 Å². The van der Waals surface area contributed by atoms with Gasteiger partial charge in [0.15, 0.2) is 5.82 Å². The number of halogens is 3. The van der Waals surface area contributed by atoms with Crippen LogP contribution < -0.4 is 5.32 Å². The molecule has 0 saturated heterocycles. The van der Waals surface area contributed by atoms with E-state index in [4.69, 9.17) is 9.62 Å². The molecular formula is C27H23F3N4O. The number of fused-ring (bicyclic) bond motifs is 1. The maximum Gasteiger partial charge on any atom is 0.416 e. The summed E-state index contributed by atoms with van der Waals surface area (Å²) in [7, 11) is 0. The number of hydrogen-bond acceptors (Lipinski definition) is 4. The van der Waals surface area contributed by atoms with Gasteiger partial charge in [-0.2, -0.15) is 18.3 Å². The van der Waals surface area contributed by atoms with E-state index in [9.17, 15) is 13.2 Å². The number of aryl methyl sites for hydroxylation is 3. The smallest absolute Gasteiger partial charge is 0.361 e. The third kappa shape index (κ3) is 4.51. The Morgan fingerprint density at radius 3 is 2.26 bits per heavy atom. The maximum atomic E-state index is 13.0. The maximum absolute atomic E-state index is 13.0. The van der Waals surface area contributed by atoms with Gasteiger partial charge < -0.3 is 9.84 Å². The Kier molecular flexibility index (Phi) is 5.59. The molecule has 35 heavy (non-hydrogen) atoms. The topological polar surface area (TPSA) is 55.9 Å². The molecule has 0 aliphatic heterocycles. The molecule has 0 atom stereocenters. The lowest BCUT2D eigenvalue weighted by Gasteiger charge is -2.08. The lowest BCUT2D eigenvalue weighted by atomic mass is 10.0. The van der Waals surface area contributed by atoms with Gasteiger partial charge in [-0.1, -0.05) is 41.1 Å². The molecule has 5 aromatic rings. The monoisotopic (exact) mass is 476 g/mol. The number of aromatic nitrogens is 3. The largest absolute Gasteiger partial charge is 0.416 e. The first kappa shape index (κ1) is 22.7. The summed E-state index contributed by atoms with van der Waals surface area (Å²) in [5.74, 6) is 1.30. The molecule has 5 rings (SSSR count). The highest BCUT2D eigenvalue weighted by Crippen LogP contribution is 2.34. The van der Waals surface area contributed by atoms with Crippen LogP contribution in [0, 0.1) is 20.8 Å². The zero-order valence-electron chi connectivity index (χ0n) is 19.4. The van der Waals surface area contributed by atoms with Crippen LogP contribution in [0.4, 0.5) is 24.7 Å². The Balaban J connectivity index is 1.57. The van der Waals surface area contributed by atoms with Crippen LogP contribution in [0.5, 0.6) is 0 Å². The molecule has 0 bridgehead atoms. The molecule has 0 saturated carbocycles. The molecule has 0 fully saturated rings. The Bertz CT molecular complexity index is 1480. The Hall–Kier alpha value is -4.07.